The van der Waals surface area contributed by atoms with Crippen LogP contribution < -0.4 is 5.32 Å². The van der Waals surface area contributed by atoms with E-state index in [-0.39, 0.29) is 12.5 Å². The number of aromatic nitrogens is 4. The SMILES string of the molecule is Cc1ccc(-c2ccc(-n3nc(C(=O)NC(C)(C)CO)c4c3[C@H]3C[C@H]3C4)nc2)cn1. The van der Waals surface area contributed by atoms with Crippen molar-refractivity contribution in [2.24, 2.45) is 5.92 Å². The second kappa shape index (κ2) is 6.74. The van der Waals surface area contributed by atoms with E-state index in [1.54, 1.807) is 13.8 Å². The molecule has 2 atom stereocenters. The lowest BCUT2D eigenvalue weighted by atomic mass is 10.1. The molecule has 3 aromatic rings. The van der Waals surface area contributed by atoms with Crippen LogP contribution in [0.5, 0.6) is 0 Å². The number of carbonyl (C=O) groups is 1. The maximum absolute atomic E-state index is 12.9. The summed E-state index contributed by atoms with van der Waals surface area (Å²) in [6, 6.07) is 7.97. The highest BCUT2D eigenvalue weighted by Crippen LogP contribution is 2.57. The fourth-order valence-corrected chi connectivity index (χ4v) is 4.20. The van der Waals surface area contributed by atoms with Gasteiger partial charge >= 0.3 is 0 Å². The molecule has 7 heteroatoms. The number of nitrogens with one attached hydrogen (secondary N) is 1. The number of aliphatic hydroxyl groups excluding tert-OH is 1. The smallest absolute Gasteiger partial charge is 0.272 e. The Morgan fingerprint density at radius 2 is 1.93 bits per heavy atom. The van der Waals surface area contributed by atoms with Gasteiger partial charge in [0.15, 0.2) is 11.5 Å². The quantitative estimate of drug-likeness (QED) is 0.683. The Kier molecular flexibility index (Phi) is 4.25. The number of aryl methyl sites for hydroxylation is 1. The van der Waals surface area contributed by atoms with Crippen molar-refractivity contribution >= 4 is 5.91 Å². The largest absolute Gasteiger partial charge is 0.394 e. The van der Waals surface area contributed by atoms with Gasteiger partial charge in [0, 0.05) is 40.7 Å². The van der Waals surface area contributed by atoms with Crippen molar-refractivity contribution < 1.29 is 9.90 Å². The van der Waals surface area contributed by atoms with Crippen LogP contribution >= 0.6 is 0 Å². The third-order valence-corrected chi connectivity index (χ3v) is 6.04. The first kappa shape index (κ1) is 18.9. The number of pyridine rings is 2. The molecule has 1 amide bonds. The number of hydrogen-bond acceptors (Lipinski definition) is 5. The van der Waals surface area contributed by atoms with Crippen LogP contribution in [0.25, 0.3) is 16.9 Å². The van der Waals surface area contributed by atoms with Gasteiger partial charge in [-0.2, -0.15) is 5.10 Å². The van der Waals surface area contributed by atoms with Crippen LogP contribution in [0.2, 0.25) is 0 Å². The Bertz CT molecular complexity index is 1120. The lowest BCUT2D eigenvalue weighted by molar-refractivity contribution is 0.0863. The Balaban J connectivity index is 1.49. The van der Waals surface area contributed by atoms with Crippen LogP contribution in [0.4, 0.5) is 0 Å². The van der Waals surface area contributed by atoms with Gasteiger partial charge in [-0.15, -0.1) is 0 Å². The van der Waals surface area contributed by atoms with Crippen molar-refractivity contribution in [1.82, 2.24) is 25.1 Å². The molecule has 3 aromatic heterocycles. The van der Waals surface area contributed by atoms with E-state index in [0.29, 0.717) is 23.3 Å². The first-order valence-electron chi connectivity index (χ1n) is 10.3. The monoisotopic (exact) mass is 403 g/mol. The molecule has 0 aromatic carbocycles. The summed E-state index contributed by atoms with van der Waals surface area (Å²) < 4.78 is 1.84. The van der Waals surface area contributed by atoms with Gasteiger partial charge in [0.25, 0.3) is 5.91 Å². The van der Waals surface area contributed by atoms with Gasteiger partial charge in [-0.3, -0.25) is 9.78 Å². The highest BCUT2D eigenvalue weighted by atomic mass is 16.3. The van der Waals surface area contributed by atoms with Crippen LogP contribution in [-0.4, -0.2) is 42.9 Å². The summed E-state index contributed by atoms with van der Waals surface area (Å²) in [6.07, 6.45) is 5.70. The molecule has 154 valence electrons. The maximum atomic E-state index is 12.9. The number of fused-ring (bicyclic) bond motifs is 3. The van der Waals surface area contributed by atoms with Crippen LogP contribution in [-0.2, 0) is 6.42 Å². The zero-order valence-electron chi connectivity index (χ0n) is 17.4. The molecule has 1 saturated carbocycles. The third-order valence-electron chi connectivity index (χ3n) is 6.04. The van der Waals surface area contributed by atoms with Crippen LogP contribution in [0.1, 0.15) is 53.6 Å². The van der Waals surface area contributed by atoms with E-state index in [1.165, 1.54) is 0 Å². The minimum absolute atomic E-state index is 0.135. The Hall–Kier alpha value is -3.06. The van der Waals surface area contributed by atoms with Crippen molar-refractivity contribution in [1.29, 1.82) is 0 Å². The van der Waals surface area contributed by atoms with E-state index in [1.807, 2.05) is 48.3 Å². The Morgan fingerprint density at radius 1 is 1.20 bits per heavy atom. The van der Waals surface area contributed by atoms with Gasteiger partial charge < -0.3 is 10.4 Å². The average Bonchev–Trinajstić information content (AvgIpc) is 3.23. The minimum Gasteiger partial charge on any atom is -0.394 e. The molecule has 0 saturated heterocycles. The molecule has 3 heterocycles. The van der Waals surface area contributed by atoms with Crippen molar-refractivity contribution in [3.63, 3.8) is 0 Å². The van der Waals surface area contributed by atoms with E-state index >= 15 is 0 Å². The van der Waals surface area contributed by atoms with E-state index in [9.17, 15) is 9.90 Å². The predicted octanol–water partition coefficient (Wildman–Crippen LogP) is 2.80. The highest BCUT2D eigenvalue weighted by molar-refractivity contribution is 5.95. The Morgan fingerprint density at radius 3 is 2.57 bits per heavy atom. The Labute approximate surface area is 175 Å². The first-order chi connectivity index (χ1) is 14.4. The number of aliphatic hydroxyl groups is 1. The van der Waals surface area contributed by atoms with Crippen molar-refractivity contribution in [3.8, 4) is 16.9 Å². The molecule has 0 unspecified atom stereocenters. The number of amides is 1. The van der Waals surface area contributed by atoms with E-state index in [4.69, 9.17) is 0 Å². The number of rotatable bonds is 5. The molecule has 0 bridgehead atoms. The highest BCUT2D eigenvalue weighted by Gasteiger charge is 2.50. The van der Waals surface area contributed by atoms with Crippen molar-refractivity contribution in [2.75, 3.05) is 6.61 Å². The molecule has 5 rings (SSSR count). The molecule has 2 aliphatic carbocycles. The van der Waals surface area contributed by atoms with Gasteiger partial charge in [-0.1, -0.05) is 6.07 Å². The summed E-state index contributed by atoms with van der Waals surface area (Å²) in [5.74, 6) is 1.54. The zero-order chi connectivity index (χ0) is 21.0. The molecule has 0 aliphatic heterocycles. The summed E-state index contributed by atoms with van der Waals surface area (Å²) in [7, 11) is 0. The van der Waals surface area contributed by atoms with Crippen molar-refractivity contribution in [3.05, 3.63) is 59.3 Å². The van der Waals surface area contributed by atoms with Crippen LogP contribution in [0.3, 0.4) is 0 Å². The summed E-state index contributed by atoms with van der Waals surface area (Å²) in [6.45, 7) is 5.41. The average molecular weight is 403 g/mol. The van der Waals surface area contributed by atoms with Gasteiger partial charge in [0.2, 0.25) is 0 Å². The topological polar surface area (TPSA) is 92.9 Å². The van der Waals surface area contributed by atoms with E-state index < -0.39 is 5.54 Å². The summed E-state index contributed by atoms with van der Waals surface area (Å²) in [5.41, 5.74) is 4.87. The van der Waals surface area contributed by atoms with Crippen LogP contribution in [0, 0.1) is 12.8 Å². The molecule has 0 radical (unpaired) electrons. The van der Waals surface area contributed by atoms with Crippen LogP contribution in [0.15, 0.2) is 36.7 Å². The molecule has 7 nitrogen and oxygen atoms in total. The summed E-state index contributed by atoms with van der Waals surface area (Å²) in [5, 5.41) is 17.0. The standard InChI is InChI=1S/C23H25N5O2/c1-13-4-5-14(10-24-13)15-6-7-19(25-11-15)28-21-17-8-16(17)9-18(21)20(27-28)22(30)26-23(2,3)12-29/h4-7,10-11,16-17,29H,8-9,12H2,1-3H3,(H,26,30)/t16-,17-/m0/s1. The number of hydrogen-bond donors (Lipinski definition) is 2. The minimum atomic E-state index is -0.697. The second-order valence-corrected chi connectivity index (χ2v) is 9.02. The molecule has 0 spiro atoms. The van der Waals surface area contributed by atoms with Gasteiger partial charge in [0.05, 0.1) is 17.8 Å². The number of carbonyl (C=O) groups excluding carboxylic acids is 1. The summed E-state index contributed by atoms with van der Waals surface area (Å²) in [4.78, 5) is 21.9. The number of nitrogens with zero attached hydrogens (tertiary/aromatic N) is 4. The molecular formula is C23H25N5O2. The maximum Gasteiger partial charge on any atom is 0.272 e. The van der Waals surface area contributed by atoms with Gasteiger partial charge in [-0.25, -0.2) is 9.67 Å². The molecule has 2 aliphatic rings. The van der Waals surface area contributed by atoms with E-state index in [0.717, 1.165) is 40.9 Å². The molecule has 30 heavy (non-hydrogen) atoms. The van der Waals surface area contributed by atoms with Crippen molar-refractivity contribution in [2.45, 2.75) is 45.1 Å². The van der Waals surface area contributed by atoms with Gasteiger partial charge in [0.1, 0.15) is 0 Å². The lowest BCUT2D eigenvalue weighted by Crippen LogP contribution is -2.46. The fraction of sp³-hybridized carbons (Fsp3) is 0.391. The lowest BCUT2D eigenvalue weighted by Gasteiger charge is -2.23. The molecular weight excluding hydrogens is 378 g/mol. The van der Waals surface area contributed by atoms with Gasteiger partial charge in [-0.05, 0) is 57.7 Å². The third kappa shape index (κ3) is 3.19. The first-order valence-corrected chi connectivity index (χ1v) is 10.3. The zero-order valence-corrected chi connectivity index (χ0v) is 17.4. The molecule has 1 fully saturated rings. The predicted molar refractivity (Wildman–Crippen MR) is 113 cm³/mol. The normalized spacial score (nSPS) is 19.3. The fourth-order valence-electron chi connectivity index (χ4n) is 4.20. The molecule has 2 N–H and O–H groups in total. The second-order valence-electron chi connectivity index (χ2n) is 9.02. The van der Waals surface area contributed by atoms with E-state index in [2.05, 4.69) is 20.4 Å². The summed E-state index contributed by atoms with van der Waals surface area (Å²) >= 11 is 0.